The first-order valence-corrected chi connectivity index (χ1v) is 4.51. The van der Waals surface area contributed by atoms with Gasteiger partial charge in [-0.2, -0.15) is 0 Å². The number of fused-ring (bicyclic) bond motifs is 1. The van der Waals surface area contributed by atoms with Gasteiger partial charge in [0.2, 0.25) is 5.88 Å². The fourth-order valence-corrected chi connectivity index (χ4v) is 1.64. The number of rotatable bonds is 2. The summed E-state index contributed by atoms with van der Waals surface area (Å²) in [7, 11) is 3.29. The summed E-state index contributed by atoms with van der Waals surface area (Å²) in [5.74, 6) is 1.47. The first-order chi connectivity index (χ1) is 6.86. The van der Waals surface area contributed by atoms with Crippen LogP contribution in [-0.4, -0.2) is 14.2 Å². The minimum atomic E-state index is 0.700. The van der Waals surface area contributed by atoms with Crippen LogP contribution in [0.2, 0.25) is 0 Å². The van der Waals surface area contributed by atoms with E-state index in [4.69, 9.17) is 9.47 Å². The van der Waals surface area contributed by atoms with Gasteiger partial charge in [0.15, 0.2) is 5.76 Å². The molecule has 0 unspecified atom stereocenters. The van der Waals surface area contributed by atoms with Crippen molar-refractivity contribution in [2.75, 3.05) is 14.2 Å². The molecule has 0 aliphatic carbocycles. The molecular formula is C11H13NO2. The monoisotopic (exact) mass is 191 g/mol. The van der Waals surface area contributed by atoms with Crippen LogP contribution in [0.1, 0.15) is 11.1 Å². The maximum Gasteiger partial charge on any atom is 0.231 e. The predicted octanol–water partition coefficient (Wildman–Crippen LogP) is 1.71. The highest BCUT2D eigenvalue weighted by Crippen LogP contribution is 2.26. The lowest BCUT2D eigenvalue weighted by Crippen LogP contribution is -2.22. The summed E-state index contributed by atoms with van der Waals surface area (Å²) in [5.41, 5.74) is 2.33. The second-order valence-electron chi connectivity index (χ2n) is 3.08. The Morgan fingerprint density at radius 2 is 1.93 bits per heavy atom. The molecule has 0 aromatic heterocycles. The van der Waals surface area contributed by atoms with Gasteiger partial charge in [0.05, 0.1) is 14.2 Å². The van der Waals surface area contributed by atoms with E-state index >= 15 is 0 Å². The van der Waals surface area contributed by atoms with Gasteiger partial charge >= 0.3 is 0 Å². The van der Waals surface area contributed by atoms with Gasteiger partial charge in [-0.05, 0) is 5.56 Å². The smallest absolute Gasteiger partial charge is 0.231 e. The first-order valence-electron chi connectivity index (χ1n) is 4.51. The molecule has 0 fully saturated rings. The second-order valence-corrected chi connectivity index (χ2v) is 3.08. The summed E-state index contributed by atoms with van der Waals surface area (Å²) < 4.78 is 10.5. The molecule has 1 aliphatic heterocycles. The molecule has 0 bridgehead atoms. The minimum absolute atomic E-state index is 0.700. The van der Waals surface area contributed by atoms with Gasteiger partial charge in [0.1, 0.15) is 0 Å². The zero-order chi connectivity index (χ0) is 9.97. The number of methoxy groups -OCH3 is 2. The summed E-state index contributed by atoms with van der Waals surface area (Å²) in [6.45, 7) is 0.784. The Hall–Kier alpha value is -1.64. The van der Waals surface area contributed by atoms with Gasteiger partial charge in [0.25, 0.3) is 0 Å². The third-order valence-corrected chi connectivity index (χ3v) is 2.32. The molecule has 3 nitrogen and oxygen atoms in total. The highest BCUT2D eigenvalue weighted by Gasteiger charge is 2.19. The van der Waals surface area contributed by atoms with Crippen LogP contribution in [0.4, 0.5) is 0 Å². The third kappa shape index (κ3) is 1.31. The van der Waals surface area contributed by atoms with E-state index in [9.17, 15) is 0 Å². The lowest BCUT2D eigenvalue weighted by atomic mass is 10.0. The standard InChI is InChI=1S/C11H13NO2/c1-13-10-9-6-4-3-5-8(9)7-12-11(10)14-2/h3-6,12H,7H2,1-2H3. The molecule has 0 amide bonds. The molecule has 0 saturated heterocycles. The van der Waals surface area contributed by atoms with Crippen molar-refractivity contribution in [2.24, 2.45) is 0 Å². The fraction of sp³-hybridized carbons (Fsp3) is 0.273. The van der Waals surface area contributed by atoms with Crippen LogP contribution in [0, 0.1) is 0 Å². The van der Waals surface area contributed by atoms with Crippen molar-refractivity contribution in [3.05, 3.63) is 41.3 Å². The van der Waals surface area contributed by atoms with Crippen LogP contribution in [0.15, 0.2) is 30.1 Å². The number of hydrogen-bond acceptors (Lipinski definition) is 3. The Kier molecular flexibility index (Phi) is 2.31. The minimum Gasteiger partial charge on any atom is -0.491 e. The molecule has 74 valence electrons. The van der Waals surface area contributed by atoms with E-state index in [1.807, 2.05) is 18.2 Å². The van der Waals surface area contributed by atoms with Crippen LogP contribution in [0.5, 0.6) is 0 Å². The summed E-state index contributed by atoms with van der Waals surface area (Å²) in [5, 5.41) is 3.16. The van der Waals surface area contributed by atoms with Crippen molar-refractivity contribution in [3.8, 4) is 0 Å². The highest BCUT2D eigenvalue weighted by molar-refractivity contribution is 5.66. The summed E-state index contributed by atoms with van der Waals surface area (Å²) in [6.07, 6.45) is 0. The molecule has 1 aliphatic rings. The lowest BCUT2D eigenvalue weighted by molar-refractivity contribution is 0.235. The van der Waals surface area contributed by atoms with E-state index in [1.54, 1.807) is 14.2 Å². The summed E-state index contributed by atoms with van der Waals surface area (Å²) >= 11 is 0. The van der Waals surface area contributed by atoms with Gasteiger partial charge < -0.3 is 14.8 Å². The number of hydrogen-bond donors (Lipinski definition) is 1. The van der Waals surface area contributed by atoms with Crippen LogP contribution < -0.4 is 5.32 Å². The Balaban J connectivity index is 2.52. The predicted molar refractivity (Wildman–Crippen MR) is 54.2 cm³/mol. The molecule has 1 aromatic rings. The fourth-order valence-electron chi connectivity index (χ4n) is 1.64. The molecule has 0 atom stereocenters. The second kappa shape index (κ2) is 3.62. The quantitative estimate of drug-likeness (QED) is 0.772. The number of benzene rings is 1. The zero-order valence-corrected chi connectivity index (χ0v) is 8.33. The van der Waals surface area contributed by atoms with Gasteiger partial charge in [0, 0.05) is 12.1 Å². The van der Waals surface area contributed by atoms with E-state index in [-0.39, 0.29) is 0 Å². The van der Waals surface area contributed by atoms with Crippen LogP contribution in [0.25, 0.3) is 5.76 Å². The average Bonchev–Trinajstić information content (AvgIpc) is 2.27. The van der Waals surface area contributed by atoms with Gasteiger partial charge in [-0.15, -0.1) is 0 Å². The van der Waals surface area contributed by atoms with Gasteiger partial charge in [-0.1, -0.05) is 24.3 Å². The topological polar surface area (TPSA) is 30.5 Å². The maximum absolute atomic E-state index is 5.31. The third-order valence-electron chi connectivity index (χ3n) is 2.32. The molecular weight excluding hydrogens is 178 g/mol. The van der Waals surface area contributed by atoms with Gasteiger partial charge in [-0.25, -0.2) is 0 Å². The van der Waals surface area contributed by atoms with Crippen molar-refractivity contribution in [1.82, 2.24) is 5.32 Å². The van der Waals surface area contributed by atoms with Crippen LogP contribution in [-0.2, 0) is 16.0 Å². The molecule has 1 heterocycles. The molecule has 0 spiro atoms. The Labute approximate surface area is 83.3 Å². The molecule has 3 heteroatoms. The number of ether oxygens (including phenoxy) is 2. The molecule has 2 rings (SSSR count). The van der Waals surface area contributed by atoms with Crippen molar-refractivity contribution in [3.63, 3.8) is 0 Å². The van der Waals surface area contributed by atoms with Crippen LogP contribution in [0.3, 0.4) is 0 Å². The number of nitrogens with one attached hydrogen (secondary N) is 1. The van der Waals surface area contributed by atoms with Crippen molar-refractivity contribution in [2.45, 2.75) is 6.54 Å². The molecule has 14 heavy (non-hydrogen) atoms. The molecule has 0 radical (unpaired) electrons. The maximum atomic E-state index is 5.31. The molecule has 1 N–H and O–H groups in total. The van der Waals surface area contributed by atoms with E-state index in [0.717, 1.165) is 17.9 Å². The van der Waals surface area contributed by atoms with Crippen molar-refractivity contribution < 1.29 is 9.47 Å². The Morgan fingerprint density at radius 3 is 2.64 bits per heavy atom. The van der Waals surface area contributed by atoms with E-state index < -0.39 is 0 Å². The van der Waals surface area contributed by atoms with Crippen molar-refractivity contribution in [1.29, 1.82) is 0 Å². The molecule has 1 aromatic carbocycles. The zero-order valence-electron chi connectivity index (χ0n) is 8.33. The summed E-state index contributed by atoms with van der Waals surface area (Å²) in [4.78, 5) is 0. The van der Waals surface area contributed by atoms with E-state index in [2.05, 4.69) is 11.4 Å². The largest absolute Gasteiger partial charge is 0.491 e. The normalized spacial score (nSPS) is 14.4. The summed E-state index contributed by atoms with van der Waals surface area (Å²) in [6, 6.07) is 8.13. The Morgan fingerprint density at radius 1 is 1.14 bits per heavy atom. The van der Waals surface area contributed by atoms with E-state index in [0.29, 0.717) is 5.88 Å². The highest BCUT2D eigenvalue weighted by atomic mass is 16.5. The van der Waals surface area contributed by atoms with Crippen molar-refractivity contribution >= 4 is 5.76 Å². The Bertz CT molecular complexity index is 371. The van der Waals surface area contributed by atoms with E-state index in [1.165, 1.54) is 5.56 Å². The first kappa shape index (κ1) is 8.94. The lowest BCUT2D eigenvalue weighted by Gasteiger charge is -2.22. The SMILES string of the molecule is COC1=C(OC)c2ccccc2CN1. The van der Waals surface area contributed by atoms with Gasteiger partial charge in [-0.3, -0.25) is 0 Å². The average molecular weight is 191 g/mol. The van der Waals surface area contributed by atoms with Crippen LogP contribution >= 0.6 is 0 Å². The molecule has 0 saturated carbocycles.